The van der Waals surface area contributed by atoms with E-state index in [9.17, 15) is 4.79 Å². The van der Waals surface area contributed by atoms with Gasteiger partial charge in [-0.1, -0.05) is 43.8 Å². The number of nitrogens with one attached hydrogen (secondary N) is 1. The maximum atomic E-state index is 12.8. The summed E-state index contributed by atoms with van der Waals surface area (Å²) in [5.41, 5.74) is 0. The van der Waals surface area contributed by atoms with Crippen molar-refractivity contribution in [2.45, 2.75) is 70.6 Å². The maximum absolute atomic E-state index is 12.8. The highest BCUT2D eigenvalue weighted by Gasteiger charge is 2.22. The standard InChI is InChI=1S/C23H32N6O2S/c1-16(2)12-14-28-21(15-31-19-9-7-6-8-10-19)26-27-23(28)32-18(5)22(30)25-20-11-13-24-29(20)17(3)4/h6-11,13,16-18H,12,14-15H2,1-5H3,(H,25,30). The van der Waals surface area contributed by atoms with Crippen LogP contribution in [0.5, 0.6) is 5.75 Å². The quantitative estimate of drug-likeness (QED) is 0.417. The minimum absolute atomic E-state index is 0.0992. The number of rotatable bonds is 11. The predicted molar refractivity (Wildman–Crippen MR) is 127 cm³/mol. The average Bonchev–Trinajstić information content (AvgIpc) is 3.38. The van der Waals surface area contributed by atoms with Crippen LogP contribution in [-0.2, 0) is 17.9 Å². The van der Waals surface area contributed by atoms with Gasteiger partial charge >= 0.3 is 0 Å². The number of hydrogen-bond acceptors (Lipinski definition) is 6. The highest BCUT2D eigenvalue weighted by Crippen LogP contribution is 2.25. The third-order valence-corrected chi connectivity index (χ3v) is 5.98. The summed E-state index contributed by atoms with van der Waals surface area (Å²) in [7, 11) is 0. The minimum Gasteiger partial charge on any atom is -0.486 e. The molecule has 9 heteroatoms. The zero-order valence-corrected chi connectivity index (χ0v) is 20.2. The molecule has 0 bridgehead atoms. The number of aromatic nitrogens is 5. The first-order valence-corrected chi connectivity index (χ1v) is 11.8. The second-order valence-electron chi connectivity index (χ2n) is 8.34. The van der Waals surface area contributed by atoms with Gasteiger partial charge in [0.25, 0.3) is 0 Å². The fourth-order valence-corrected chi connectivity index (χ4v) is 3.95. The zero-order valence-electron chi connectivity index (χ0n) is 19.4. The monoisotopic (exact) mass is 456 g/mol. The molecule has 0 fully saturated rings. The molecule has 0 aliphatic rings. The first kappa shape index (κ1) is 23.8. The van der Waals surface area contributed by atoms with E-state index in [0.717, 1.165) is 29.7 Å². The van der Waals surface area contributed by atoms with E-state index >= 15 is 0 Å². The molecule has 0 aliphatic carbocycles. The van der Waals surface area contributed by atoms with Gasteiger partial charge in [-0.15, -0.1) is 10.2 Å². The average molecular weight is 457 g/mol. The zero-order chi connectivity index (χ0) is 23.1. The Morgan fingerprint density at radius 1 is 1.09 bits per heavy atom. The minimum atomic E-state index is -0.351. The van der Waals surface area contributed by atoms with Crippen LogP contribution in [0.3, 0.4) is 0 Å². The Bertz CT molecular complexity index is 999. The second-order valence-corrected chi connectivity index (χ2v) is 9.65. The Kier molecular flexibility index (Phi) is 8.33. The molecule has 1 N–H and O–H groups in total. The molecule has 1 aromatic carbocycles. The van der Waals surface area contributed by atoms with Crippen molar-refractivity contribution < 1.29 is 9.53 Å². The van der Waals surface area contributed by atoms with Crippen LogP contribution in [0.2, 0.25) is 0 Å². The second kappa shape index (κ2) is 11.2. The third-order valence-electron chi connectivity index (χ3n) is 4.90. The summed E-state index contributed by atoms with van der Waals surface area (Å²) in [5, 5.41) is 16.3. The lowest BCUT2D eigenvalue weighted by Crippen LogP contribution is -2.25. The summed E-state index contributed by atoms with van der Waals surface area (Å²) in [6, 6.07) is 11.6. The van der Waals surface area contributed by atoms with Gasteiger partial charge in [0.15, 0.2) is 11.0 Å². The molecule has 2 heterocycles. The third kappa shape index (κ3) is 6.35. The van der Waals surface area contributed by atoms with Crippen molar-refractivity contribution in [3.63, 3.8) is 0 Å². The molecular weight excluding hydrogens is 424 g/mol. The maximum Gasteiger partial charge on any atom is 0.238 e. The number of para-hydroxylation sites is 1. The number of anilines is 1. The summed E-state index contributed by atoms with van der Waals surface area (Å²) in [6.07, 6.45) is 2.67. The van der Waals surface area contributed by atoms with E-state index in [1.54, 1.807) is 16.9 Å². The smallest absolute Gasteiger partial charge is 0.238 e. The van der Waals surface area contributed by atoms with Crippen molar-refractivity contribution in [3.05, 3.63) is 48.4 Å². The van der Waals surface area contributed by atoms with Gasteiger partial charge in [-0.2, -0.15) is 5.10 Å². The van der Waals surface area contributed by atoms with Crippen LogP contribution in [0.4, 0.5) is 5.82 Å². The Morgan fingerprint density at radius 2 is 1.84 bits per heavy atom. The summed E-state index contributed by atoms with van der Waals surface area (Å²) < 4.78 is 9.75. The van der Waals surface area contributed by atoms with E-state index in [4.69, 9.17) is 4.74 Å². The van der Waals surface area contributed by atoms with Crippen LogP contribution in [-0.4, -0.2) is 35.7 Å². The molecule has 0 spiro atoms. The lowest BCUT2D eigenvalue weighted by molar-refractivity contribution is -0.115. The number of hydrogen-bond donors (Lipinski definition) is 1. The number of carbonyl (C=O) groups excluding carboxylic acids is 1. The Labute approximate surface area is 193 Å². The molecule has 0 aliphatic heterocycles. The van der Waals surface area contributed by atoms with Gasteiger partial charge in [-0.25, -0.2) is 4.68 Å². The van der Waals surface area contributed by atoms with Crippen LogP contribution in [0, 0.1) is 5.92 Å². The van der Waals surface area contributed by atoms with Crippen molar-refractivity contribution >= 4 is 23.5 Å². The van der Waals surface area contributed by atoms with Crippen molar-refractivity contribution in [1.82, 2.24) is 24.5 Å². The molecule has 172 valence electrons. The predicted octanol–water partition coefficient (Wildman–Crippen LogP) is 4.80. The normalized spacial score (nSPS) is 12.3. The van der Waals surface area contributed by atoms with E-state index in [-0.39, 0.29) is 17.2 Å². The van der Waals surface area contributed by atoms with Crippen LogP contribution < -0.4 is 10.1 Å². The molecule has 1 unspecified atom stereocenters. The van der Waals surface area contributed by atoms with Crippen LogP contribution in [0.25, 0.3) is 0 Å². The van der Waals surface area contributed by atoms with E-state index < -0.39 is 0 Å². The lowest BCUT2D eigenvalue weighted by atomic mass is 10.1. The van der Waals surface area contributed by atoms with Gasteiger partial charge in [0.1, 0.15) is 18.2 Å². The number of thioether (sulfide) groups is 1. The van der Waals surface area contributed by atoms with Crippen LogP contribution >= 0.6 is 11.8 Å². The molecule has 2 aromatic heterocycles. The van der Waals surface area contributed by atoms with Crippen molar-refractivity contribution in [3.8, 4) is 5.75 Å². The molecule has 1 amide bonds. The molecule has 1 atom stereocenters. The van der Waals surface area contributed by atoms with Gasteiger partial charge in [0.05, 0.1) is 11.4 Å². The highest BCUT2D eigenvalue weighted by molar-refractivity contribution is 8.00. The molecule has 0 radical (unpaired) electrons. The number of ether oxygens (including phenoxy) is 1. The summed E-state index contributed by atoms with van der Waals surface area (Å²) >= 11 is 1.40. The van der Waals surface area contributed by atoms with E-state index in [2.05, 4.69) is 39.0 Å². The Morgan fingerprint density at radius 3 is 2.53 bits per heavy atom. The lowest BCUT2D eigenvalue weighted by Gasteiger charge is -2.16. The van der Waals surface area contributed by atoms with E-state index in [0.29, 0.717) is 18.3 Å². The van der Waals surface area contributed by atoms with Crippen LogP contribution in [0.15, 0.2) is 47.8 Å². The van der Waals surface area contributed by atoms with Gasteiger partial charge in [0, 0.05) is 18.7 Å². The van der Waals surface area contributed by atoms with Crippen molar-refractivity contribution in [2.75, 3.05) is 5.32 Å². The van der Waals surface area contributed by atoms with Gasteiger partial charge in [-0.05, 0) is 45.2 Å². The summed E-state index contributed by atoms with van der Waals surface area (Å²) in [5.74, 6) is 2.67. The number of amides is 1. The topological polar surface area (TPSA) is 86.9 Å². The Balaban J connectivity index is 1.70. The summed E-state index contributed by atoms with van der Waals surface area (Å²) in [4.78, 5) is 12.8. The molecule has 0 saturated carbocycles. The van der Waals surface area contributed by atoms with Gasteiger partial charge in [0.2, 0.25) is 5.91 Å². The molecule has 3 aromatic rings. The molecule has 0 saturated heterocycles. The van der Waals surface area contributed by atoms with Crippen molar-refractivity contribution in [1.29, 1.82) is 0 Å². The Hall–Kier alpha value is -2.81. The number of nitrogens with zero attached hydrogens (tertiary/aromatic N) is 5. The molecule has 3 rings (SSSR count). The first-order valence-electron chi connectivity index (χ1n) is 11.0. The van der Waals surface area contributed by atoms with E-state index in [1.165, 1.54) is 11.8 Å². The largest absolute Gasteiger partial charge is 0.486 e. The SMILES string of the molecule is CC(C)CCn1c(COc2ccccc2)nnc1SC(C)C(=O)Nc1ccnn1C(C)C. The fourth-order valence-electron chi connectivity index (χ4n) is 3.05. The highest BCUT2D eigenvalue weighted by atomic mass is 32.2. The van der Waals surface area contributed by atoms with E-state index in [1.807, 2.05) is 51.1 Å². The van der Waals surface area contributed by atoms with Crippen LogP contribution in [0.1, 0.15) is 52.9 Å². The number of carbonyl (C=O) groups is 1. The first-order chi connectivity index (χ1) is 15.3. The van der Waals surface area contributed by atoms with Gasteiger partial charge in [-0.3, -0.25) is 4.79 Å². The fraction of sp³-hybridized carbons (Fsp3) is 0.478. The summed E-state index contributed by atoms with van der Waals surface area (Å²) in [6.45, 7) is 11.4. The van der Waals surface area contributed by atoms with Gasteiger partial charge < -0.3 is 14.6 Å². The van der Waals surface area contributed by atoms with Crippen molar-refractivity contribution in [2.24, 2.45) is 5.92 Å². The molecule has 8 nitrogen and oxygen atoms in total. The molecular formula is C23H32N6O2S. The molecule has 32 heavy (non-hydrogen) atoms. The number of benzene rings is 1.